The molecule has 4 aromatic rings. The molecule has 2 aromatic heterocycles. The number of aromatic nitrogens is 4. The zero-order chi connectivity index (χ0) is 22.0. The number of amides is 1. The van der Waals surface area contributed by atoms with Gasteiger partial charge in [0.15, 0.2) is 0 Å². The third kappa shape index (κ3) is 4.18. The predicted octanol–water partition coefficient (Wildman–Crippen LogP) is 3.62. The molecule has 0 aliphatic carbocycles. The first-order valence-electron chi connectivity index (χ1n) is 9.99. The van der Waals surface area contributed by atoms with Crippen molar-refractivity contribution in [3.05, 3.63) is 77.4 Å². The fourth-order valence-electron chi connectivity index (χ4n) is 3.71. The number of nitrogens with zero attached hydrogens (tertiary/aromatic N) is 4. The summed E-state index contributed by atoms with van der Waals surface area (Å²) in [6.07, 6.45) is 1.38. The van der Waals surface area contributed by atoms with Crippen molar-refractivity contribution < 1.29 is 14.7 Å². The van der Waals surface area contributed by atoms with Crippen LogP contribution >= 0.6 is 0 Å². The molecular formula is C23H23N5O3. The van der Waals surface area contributed by atoms with Gasteiger partial charge in [0.05, 0.1) is 36.6 Å². The molecule has 0 aliphatic rings. The maximum Gasteiger partial charge on any atom is 0.305 e. The highest BCUT2D eigenvalue weighted by molar-refractivity contribution is 6.03. The van der Waals surface area contributed by atoms with Gasteiger partial charge in [-0.3, -0.25) is 19.0 Å². The molecule has 0 saturated heterocycles. The summed E-state index contributed by atoms with van der Waals surface area (Å²) in [7, 11) is 0. The SMILES string of the molecule is Cc1nn(Cc2cccc3ccccc23)c(C)c1NC(=O)c1ccnn1CCC(=O)O. The lowest BCUT2D eigenvalue weighted by Crippen LogP contribution is -2.19. The highest BCUT2D eigenvalue weighted by Crippen LogP contribution is 2.24. The van der Waals surface area contributed by atoms with Gasteiger partial charge in [-0.25, -0.2) is 0 Å². The number of anilines is 1. The van der Waals surface area contributed by atoms with E-state index in [0.29, 0.717) is 23.6 Å². The Morgan fingerprint density at radius 3 is 2.61 bits per heavy atom. The van der Waals surface area contributed by atoms with Gasteiger partial charge in [-0.05, 0) is 36.2 Å². The van der Waals surface area contributed by atoms with E-state index in [9.17, 15) is 9.59 Å². The summed E-state index contributed by atoms with van der Waals surface area (Å²) in [4.78, 5) is 23.7. The number of hydrogen-bond donors (Lipinski definition) is 2. The maximum atomic E-state index is 12.8. The van der Waals surface area contributed by atoms with E-state index in [1.54, 1.807) is 6.07 Å². The first kappa shape index (κ1) is 20.3. The van der Waals surface area contributed by atoms with E-state index in [1.807, 2.05) is 36.7 Å². The Hall–Kier alpha value is -3.94. The largest absolute Gasteiger partial charge is 0.481 e. The lowest BCUT2D eigenvalue weighted by atomic mass is 10.0. The first-order chi connectivity index (χ1) is 14.9. The predicted molar refractivity (Wildman–Crippen MR) is 117 cm³/mol. The molecule has 0 aliphatic heterocycles. The summed E-state index contributed by atoms with van der Waals surface area (Å²) in [5, 5.41) is 22.8. The molecule has 8 nitrogen and oxygen atoms in total. The van der Waals surface area contributed by atoms with Crippen molar-refractivity contribution in [2.75, 3.05) is 5.32 Å². The van der Waals surface area contributed by atoms with Gasteiger partial charge in [0, 0.05) is 6.20 Å². The number of fused-ring (bicyclic) bond motifs is 1. The van der Waals surface area contributed by atoms with E-state index >= 15 is 0 Å². The summed E-state index contributed by atoms with van der Waals surface area (Å²) in [6.45, 7) is 4.48. The molecule has 8 heteroatoms. The van der Waals surface area contributed by atoms with Crippen LogP contribution in [0.15, 0.2) is 54.7 Å². The molecule has 2 heterocycles. The van der Waals surface area contributed by atoms with E-state index in [2.05, 4.69) is 39.8 Å². The minimum Gasteiger partial charge on any atom is -0.481 e. The summed E-state index contributed by atoms with van der Waals surface area (Å²) >= 11 is 0. The standard InChI is InChI=1S/C23H23N5O3/c1-15-22(25-23(31)20-10-12-24-27(20)13-11-21(29)30)16(2)28(26-15)14-18-8-5-7-17-6-3-4-9-19(17)18/h3-10,12H,11,13-14H2,1-2H3,(H,25,31)(H,29,30). The molecule has 158 valence electrons. The number of rotatable bonds is 7. The van der Waals surface area contributed by atoms with Gasteiger partial charge in [-0.15, -0.1) is 0 Å². The van der Waals surface area contributed by atoms with Gasteiger partial charge in [0.1, 0.15) is 5.69 Å². The number of benzene rings is 2. The van der Waals surface area contributed by atoms with E-state index in [0.717, 1.165) is 11.3 Å². The van der Waals surface area contributed by atoms with Crippen LogP contribution in [-0.4, -0.2) is 36.5 Å². The van der Waals surface area contributed by atoms with Crippen LogP contribution in [-0.2, 0) is 17.9 Å². The van der Waals surface area contributed by atoms with Crippen molar-refractivity contribution in [2.45, 2.75) is 33.4 Å². The van der Waals surface area contributed by atoms with Gasteiger partial charge in [-0.1, -0.05) is 42.5 Å². The van der Waals surface area contributed by atoms with Crippen molar-refractivity contribution in [3.63, 3.8) is 0 Å². The van der Waals surface area contributed by atoms with Gasteiger partial charge in [0.25, 0.3) is 5.91 Å². The van der Waals surface area contributed by atoms with Crippen LogP contribution in [0.3, 0.4) is 0 Å². The summed E-state index contributed by atoms with van der Waals surface area (Å²) in [5.74, 6) is -1.29. The molecule has 0 atom stereocenters. The number of carboxylic acids is 1. The number of aryl methyl sites for hydroxylation is 2. The minimum absolute atomic E-state index is 0.108. The number of nitrogens with one attached hydrogen (secondary N) is 1. The smallest absolute Gasteiger partial charge is 0.305 e. The molecule has 0 spiro atoms. The fraction of sp³-hybridized carbons (Fsp3) is 0.217. The molecule has 2 N–H and O–H groups in total. The van der Waals surface area contributed by atoms with Crippen molar-refractivity contribution in [2.24, 2.45) is 0 Å². The fourth-order valence-corrected chi connectivity index (χ4v) is 3.71. The summed E-state index contributed by atoms with van der Waals surface area (Å²) in [6, 6.07) is 16.0. The van der Waals surface area contributed by atoms with Crippen LogP contribution in [0, 0.1) is 13.8 Å². The summed E-state index contributed by atoms with van der Waals surface area (Å²) < 4.78 is 3.28. The Balaban J connectivity index is 1.57. The van der Waals surface area contributed by atoms with Gasteiger partial charge >= 0.3 is 5.97 Å². The Labute approximate surface area is 179 Å². The number of carboxylic acid groups (broad SMARTS) is 1. The lowest BCUT2D eigenvalue weighted by Gasteiger charge is -2.10. The van der Waals surface area contributed by atoms with E-state index in [1.165, 1.54) is 21.7 Å². The van der Waals surface area contributed by atoms with Gasteiger partial charge in [-0.2, -0.15) is 10.2 Å². The first-order valence-corrected chi connectivity index (χ1v) is 9.99. The second kappa shape index (κ2) is 8.43. The van der Waals surface area contributed by atoms with E-state index < -0.39 is 5.97 Å². The normalized spacial score (nSPS) is 11.0. The topological polar surface area (TPSA) is 102 Å². The Morgan fingerprint density at radius 1 is 1.03 bits per heavy atom. The average molecular weight is 417 g/mol. The summed E-state index contributed by atoms with van der Waals surface area (Å²) in [5.41, 5.74) is 3.66. The van der Waals surface area contributed by atoms with Crippen LogP contribution in [0.2, 0.25) is 0 Å². The third-order valence-electron chi connectivity index (χ3n) is 5.31. The molecule has 1 amide bonds. The second-order valence-electron chi connectivity index (χ2n) is 7.38. The van der Waals surface area contributed by atoms with Gasteiger partial charge < -0.3 is 10.4 Å². The monoisotopic (exact) mass is 417 g/mol. The van der Waals surface area contributed by atoms with Crippen LogP contribution in [0.5, 0.6) is 0 Å². The molecule has 4 rings (SSSR count). The third-order valence-corrected chi connectivity index (χ3v) is 5.31. The highest BCUT2D eigenvalue weighted by atomic mass is 16.4. The molecule has 0 unspecified atom stereocenters. The molecule has 2 aromatic carbocycles. The van der Waals surface area contributed by atoms with Crippen molar-refractivity contribution >= 4 is 28.3 Å². The molecule has 0 fully saturated rings. The number of carbonyl (C=O) groups excluding carboxylic acids is 1. The maximum absolute atomic E-state index is 12.8. The Bertz CT molecular complexity index is 1270. The highest BCUT2D eigenvalue weighted by Gasteiger charge is 2.18. The Morgan fingerprint density at radius 2 is 1.81 bits per heavy atom. The van der Waals surface area contributed by atoms with Crippen LogP contribution in [0.4, 0.5) is 5.69 Å². The lowest BCUT2D eigenvalue weighted by molar-refractivity contribution is -0.137. The van der Waals surface area contributed by atoms with Crippen LogP contribution < -0.4 is 5.32 Å². The zero-order valence-electron chi connectivity index (χ0n) is 17.4. The number of hydrogen-bond acceptors (Lipinski definition) is 4. The molecular weight excluding hydrogens is 394 g/mol. The van der Waals surface area contributed by atoms with Crippen LogP contribution in [0.25, 0.3) is 10.8 Å². The average Bonchev–Trinajstić information content (AvgIpc) is 3.33. The quantitative estimate of drug-likeness (QED) is 0.478. The van der Waals surface area contributed by atoms with Crippen molar-refractivity contribution in [1.29, 1.82) is 0 Å². The number of aliphatic carboxylic acids is 1. The van der Waals surface area contributed by atoms with Crippen molar-refractivity contribution in [1.82, 2.24) is 19.6 Å². The molecule has 0 radical (unpaired) electrons. The van der Waals surface area contributed by atoms with Gasteiger partial charge in [0.2, 0.25) is 0 Å². The van der Waals surface area contributed by atoms with Crippen molar-refractivity contribution in [3.8, 4) is 0 Å². The molecule has 0 saturated carbocycles. The van der Waals surface area contributed by atoms with Crippen LogP contribution in [0.1, 0.15) is 33.9 Å². The van der Waals surface area contributed by atoms with E-state index in [4.69, 9.17) is 5.11 Å². The Kier molecular flexibility index (Phi) is 5.53. The number of carbonyl (C=O) groups is 2. The zero-order valence-corrected chi connectivity index (χ0v) is 17.4. The second-order valence-corrected chi connectivity index (χ2v) is 7.38. The van der Waals surface area contributed by atoms with E-state index in [-0.39, 0.29) is 18.9 Å². The minimum atomic E-state index is -0.941. The molecule has 0 bridgehead atoms. The molecule has 31 heavy (non-hydrogen) atoms.